The molecule has 0 spiro atoms. The van der Waals surface area contributed by atoms with E-state index in [1.54, 1.807) is 31.2 Å². The predicted molar refractivity (Wildman–Crippen MR) is 138 cm³/mol. The van der Waals surface area contributed by atoms with Gasteiger partial charge in [0.15, 0.2) is 0 Å². The highest BCUT2D eigenvalue weighted by atomic mass is 79.9. The number of halogens is 2. The lowest BCUT2D eigenvalue weighted by atomic mass is 10.1. The second kappa shape index (κ2) is 12.5. The molecule has 7 nitrogen and oxygen atoms in total. The largest absolute Gasteiger partial charge is 0.354 e. The molecule has 0 aliphatic heterocycles. The third-order valence-corrected chi connectivity index (χ3v) is 7.39. The number of para-hydroxylation sites is 1. The van der Waals surface area contributed by atoms with E-state index < -0.39 is 28.5 Å². The number of rotatable bonds is 11. The zero-order chi connectivity index (χ0) is 24.6. The number of carbonyl (C=O) groups excluding carboxylic acids is 2. The first kappa shape index (κ1) is 27.3. The van der Waals surface area contributed by atoms with Gasteiger partial charge in [0, 0.05) is 22.0 Å². The molecule has 0 saturated carbocycles. The zero-order valence-corrected chi connectivity index (χ0v) is 22.9. The van der Waals surface area contributed by atoms with Gasteiger partial charge in [-0.05, 0) is 59.1 Å². The normalized spacial score (nSPS) is 12.2. The highest BCUT2D eigenvalue weighted by Gasteiger charge is 2.30. The number of unbranched alkanes of at least 4 members (excludes halogenated alkanes) is 1. The third kappa shape index (κ3) is 8.12. The van der Waals surface area contributed by atoms with E-state index in [9.17, 15) is 18.0 Å². The van der Waals surface area contributed by atoms with Crippen LogP contribution in [0.1, 0.15) is 32.3 Å². The number of nitrogens with one attached hydrogen (secondary N) is 1. The number of amides is 2. The van der Waals surface area contributed by atoms with E-state index in [1.165, 1.54) is 4.90 Å². The number of nitrogens with zero attached hydrogens (tertiary/aromatic N) is 2. The van der Waals surface area contributed by atoms with Gasteiger partial charge in [-0.1, -0.05) is 53.5 Å². The second-order valence-electron chi connectivity index (χ2n) is 7.69. The molecule has 0 heterocycles. The molecule has 0 unspecified atom stereocenters. The van der Waals surface area contributed by atoms with E-state index in [2.05, 4.69) is 37.2 Å². The molecule has 2 rings (SSSR count). The van der Waals surface area contributed by atoms with E-state index in [0.717, 1.165) is 33.4 Å². The Bertz CT molecular complexity index is 1060. The Morgan fingerprint density at radius 3 is 2.27 bits per heavy atom. The molecule has 10 heteroatoms. The van der Waals surface area contributed by atoms with E-state index >= 15 is 0 Å². The predicted octanol–water partition coefficient (Wildman–Crippen LogP) is 4.31. The first-order valence-corrected chi connectivity index (χ1v) is 14.0. The van der Waals surface area contributed by atoms with Crippen LogP contribution in [0, 0.1) is 0 Å². The average Bonchev–Trinajstić information content (AvgIpc) is 2.76. The summed E-state index contributed by atoms with van der Waals surface area (Å²) in [5.41, 5.74) is 1.18. The summed E-state index contributed by atoms with van der Waals surface area (Å²) in [7, 11) is -3.76. The standard InChI is InChI=1S/C23H29Br2N3O4S/c1-4-5-14-26-23(30)17(2)27(15-18-10-12-19(24)13-11-18)22(29)16-28(33(3,31)32)21-9-7-6-8-20(21)25/h6-13,17H,4-5,14-16H2,1-3H3,(H,26,30)/t17-/m0/s1. The maximum absolute atomic E-state index is 13.4. The Balaban J connectivity index is 2.34. The Hall–Kier alpha value is -1.91. The summed E-state index contributed by atoms with van der Waals surface area (Å²) >= 11 is 6.76. The van der Waals surface area contributed by atoms with Crippen molar-refractivity contribution in [1.82, 2.24) is 10.2 Å². The van der Waals surface area contributed by atoms with Crippen LogP contribution in [-0.2, 0) is 26.2 Å². The van der Waals surface area contributed by atoms with Gasteiger partial charge in [-0.3, -0.25) is 13.9 Å². The molecule has 1 N–H and O–H groups in total. The van der Waals surface area contributed by atoms with E-state index in [1.807, 2.05) is 31.2 Å². The zero-order valence-electron chi connectivity index (χ0n) is 18.9. The van der Waals surface area contributed by atoms with Gasteiger partial charge in [-0.25, -0.2) is 8.42 Å². The monoisotopic (exact) mass is 601 g/mol. The van der Waals surface area contributed by atoms with Crippen molar-refractivity contribution in [2.24, 2.45) is 0 Å². The molecule has 2 amide bonds. The highest BCUT2D eigenvalue weighted by molar-refractivity contribution is 9.10. The van der Waals surface area contributed by atoms with Crippen LogP contribution in [0.5, 0.6) is 0 Å². The number of carbonyl (C=O) groups is 2. The van der Waals surface area contributed by atoms with E-state index in [4.69, 9.17) is 0 Å². The lowest BCUT2D eigenvalue weighted by molar-refractivity contribution is -0.139. The van der Waals surface area contributed by atoms with Gasteiger partial charge in [0.1, 0.15) is 12.6 Å². The van der Waals surface area contributed by atoms with Gasteiger partial charge in [-0.2, -0.15) is 0 Å². The number of sulfonamides is 1. The quantitative estimate of drug-likeness (QED) is 0.388. The Kier molecular flexibility index (Phi) is 10.4. The van der Waals surface area contributed by atoms with Gasteiger partial charge in [0.05, 0.1) is 11.9 Å². The molecule has 1 atom stereocenters. The fourth-order valence-electron chi connectivity index (χ4n) is 3.15. The van der Waals surface area contributed by atoms with Gasteiger partial charge in [0.25, 0.3) is 0 Å². The van der Waals surface area contributed by atoms with Crippen LogP contribution in [0.25, 0.3) is 0 Å². The van der Waals surface area contributed by atoms with E-state index in [-0.39, 0.29) is 12.5 Å². The van der Waals surface area contributed by atoms with Crippen LogP contribution in [0.4, 0.5) is 5.69 Å². The molecule has 0 aliphatic carbocycles. The van der Waals surface area contributed by atoms with Crippen molar-refractivity contribution >= 4 is 59.4 Å². The summed E-state index contributed by atoms with van der Waals surface area (Å²) in [5, 5.41) is 2.86. The number of benzene rings is 2. The van der Waals surface area contributed by atoms with Gasteiger partial charge in [0.2, 0.25) is 21.8 Å². The van der Waals surface area contributed by atoms with Gasteiger partial charge in [-0.15, -0.1) is 0 Å². The minimum atomic E-state index is -3.76. The second-order valence-corrected chi connectivity index (χ2v) is 11.4. The fraction of sp³-hybridized carbons (Fsp3) is 0.391. The summed E-state index contributed by atoms with van der Waals surface area (Å²) < 4.78 is 27.6. The van der Waals surface area contributed by atoms with Crippen LogP contribution in [0.2, 0.25) is 0 Å². The van der Waals surface area contributed by atoms with Gasteiger partial charge < -0.3 is 10.2 Å². The summed E-state index contributed by atoms with van der Waals surface area (Å²) in [5.74, 6) is -0.752. The molecule has 0 saturated heterocycles. The molecule has 0 fully saturated rings. The van der Waals surface area contributed by atoms with Crippen LogP contribution >= 0.6 is 31.9 Å². The lowest BCUT2D eigenvalue weighted by Crippen LogP contribution is -2.51. The molecule has 2 aromatic rings. The van der Waals surface area contributed by atoms with Gasteiger partial charge >= 0.3 is 0 Å². The molecule has 33 heavy (non-hydrogen) atoms. The van der Waals surface area contributed by atoms with Crippen molar-refractivity contribution in [2.45, 2.75) is 39.3 Å². The number of hydrogen-bond acceptors (Lipinski definition) is 4. The minimum Gasteiger partial charge on any atom is -0.354 e. The molecule has 0 aromatic heterocycles. The Morgan fingerprint density at radius 1 is 1.06 bits per heavy atom. The minimum absolute atomic E-state index is 0.169. The van der Waals surface area contributed by atoms with Crippen molar-refractivity contribution in [3.63, 3.8) is 0 Å². The van der Waals surface area contributed by atoms with Crippen LogP contribution in [-0.4, -0.2) is 50.5 Å². The van der Waals surface area contributed by atoms with Crippen LogP contribution in [0.15, 0.2) is 57.5 Å². The van der Waals surface area contributed by atoms with Crippen LogP contribution < -0.4 is 9.62 Å². The van der Waals surface area contributed by atoms with Crippen molar-refractivity contribution in [2.75, 3.05) is 23.7 Å². The SMILES string of the molecule is CCCCNC(=O)[C@H](C)N(Cc1ccc(Br)cc1)C(=O)CN(c1ccccc1Br)S(C)(=O)=O. The number of anilines is 1. The lowest BCUT2D eigenvalue weighted by Gasteiger charge is -2.31. The molecule has 0 radical (unpaired) electrons. The first-order valence-electron chi connectivity index (χ1n) is 10.6. The summed E-state index contributed by atoms with van der Waals surface area (Å²) in [4.78, 5) is 27.6. The average molecular weight is 603 g/mol. The smallest absolute Gasteiger partial charge is 0.244 e. The molecule has 0 aliphatic rings. The first-order chi connectivity index (χ1) is 15.5. The summed E-state index contributed by atoms with van der Waals surface area (Å²) in [6, 6.07) is 13.4. The molecule has 0 bridgehead atoms. The fourth-order valence-corrected chi connectivity index (χ4v) is 4.90. The summed E-state index contributed by atoms with van der Waals surface area (Å²) in [6.07, 6.45) is 2.83. The Labute approximate surface area is 212 Å². The van der Waals surface area contributed by atoms with Crippen LogP contribution in [0.3, 0.4) is 0 Å². The van der Waals surface area contributed by atoms with Crippen molar-refractivity contribution in [1.29, 1.82) is 0 Å². The molecule has 2 aromatic carbocycles. The third-order valence-electron chi connectivity index (χ3n) is 5.06. The topological polar surface area (TPSA) is 86.8 Å². The molecular formula is C23H29Br2N3O4S. The Morgan fingerprint density at radius 2 is 1.70 bits per heavy atom. The molecule has 180 valence electrons. The van der Waals surface area contributed by atoms with Crippen molar-refractivity contribution in [3.05, 3.63) is 63.0 Å². The highest BCUT2D eigenvalue weighted by Crippen LogP contribution is 2.28. The maximum atomic E-state index is 13.4. The number of hydrogen-bond donors (Lipinski definition) is 1. The maximum Gasteiger partial charge on any atom is 0.244 e. The summed E-state index contributed by atoms with van der Waals surface area (Å²) in [6.45, 7) is 3.95. The van der Waals surface area contributed by atoms with Crippen molar-refractivity contribution < 1.29 is 18.0 Å². The molecular weight excluding hydrogens is 574 g/mol. The van der Waals surface area contributed by atoms with E-state index in [0.29, 0.717) is 16.7 Å². The van der Waals surface area contributed by atoms with Crippen molar-refractivity contribution in [3.8, 4) is 0 Å².